The summed E-state index contributed by atoms with van der Waals surface area (Å²) in [5, 5.41) is 3.36. The Hall–Kier alpha value is -1.00. The quantitative estimate of drug-likeness (QED) is 0.783. The molecule has 0 saturated carbocycles. The summed E-state index contributed by atoms with van der Waals surface area (Å²) < 4.78 is 31.6. The number of halogens is 2. The van der Waals surface area contributed by atoms with Gasteiger partial charge < -0.3 is 10.1 Å². The lowest BCUT2D eigenvalue weighted by Gasteiger charge is -2.26. The maximum absolute atomic E-state index is 13.2. The van der Waals surface area contributed by atoms with Crippen LogP contribution in [0.5, 0.6) is 0 Å². The Bertz CT molecular complexity index is 384. The predicted octanol–water partition coefficient (Wildman–Crippen LogP) is 3.30. The summed E-state index contributed by atoms with van der Waals surface area (Å²) in [5.41, 5.74) is 0.781. The van der Waals surface area contributed by atoms with E-state index in [0.29, 0.717) is 6.42 Å². The molecule has 0 aliphatic carbocycles. The highest BCUT2D eigenvalue weighted by atomic mass is 19.2. The molecule has 2 unspecified atom stereocenters. The lowest BCUT2D eigenvalue weighted by molar-refractivity contribution is 0.0614. The fourth-order valence-corrected chi connectivity index (χ4v) is 2.29. The number of benzene rings is 1. The number of methoxy groups -OCH3 is 1. The van der Waals surface area contributed by atoms with Crippen LogP contribution in [0.15, 0.2) is 18.2 Å². The van der Waals surface area contributed by atoms with E-state index in [0.717, 1.165) is 24.9 Å². The molecule has 4 heteroatoms. The Morgan fingerprint density at radius 3 is 2.47 bits per heavy atom. The van der Waals surface area contributed by atoms with Gasteiger partial charge in [0, 0.05) is 13.2 Å². The van der Waals surface area contributed by atoms with Crippen LogP contribution in [-0.4, -0.2) is 25.8 Å². The van der Waals surface area contributed by atoms with E-state index in [4.69, 9.17) is 4.74 Å². The van der Waals surface area contributed by atoms with E-state index in [-0.39, 0.29) is 12.1 Å². The molecule has 0 heterocycles. The lowest BCUT2D eigenvalue weighted by Crippen LogP contribution is -2.42. The Labute approximate surface area is 114 Å². The fourth-order valence-electron chi connectivity index (χ4n) is 2.29. The second-order valence-electron chi connectivity index (χ2n) is 4.68. The van der Waals surface area contributed by atoms with Gasteiger partial charge in [-0.1, -0.05) is 26.3 Å². The normalized spacial score (nSPS) is 14.4. The molecule has 0 bridgehead atoms. The first-order chi connectivity index (χ1) is 9.12. The Kier molecular flexibility index (Phi) is 6.95. The second kappa shape index (κ2) is 8.23. The van der Waals surface area contributed by atoms with Crippen molar-refractivity contribution in [2.24, 2.45) is 0 Å². The summed E-state index contributed by atoms with van der Waals surface area (Å²) in [7, 11) is 1.69. The highest BCUT2D eigenvalue weighted by Gasteiger charge is 2.20. The van der Waals surface area contributed by atoms with Gasteiger partial charge in [0.15, 0.2) is 11.6 Å². The van der Waals surface area contributed by atoms with Crippen LogP contribution >= 0.6 is 0 Å². The zero-order chi connectivity index (χ0) is 14.3. The van der Waals surface area contributed by atoms with Crippen molar-refractivity contribution in [2.75, 3.05) is 13.7 Å². The SMILES string of the molecule is CCCC(OC)C(Cc1ccc(F)c(F)c1)NCC. The minimum Gasteiger partial charge on any atom is -0.380 e. The maximum Gasteiger partial charge on any atom is 0.159 e. The predicted molar refractivity (Wildman–Crippen MR) is 73.2 cm³/mol. The molecule has 0 aromatic heterocycles. The van der Waals surface area contributed by atoms with Crippen LogP contribution in [0.2, 0.25) is 0 Å². The molecular weight excluding hydrogens is 248 g/mol. The molecule has 2 nitrogen and oxygen atoms in total. The topological polar surface area (TPSA) is 21.3 Å². The molecule has 108 valence electrons. The molecule has 19 heavy (non-hydrogen) atoms. The number of hydrogen-bond donors (Lipinski definition) is 1. The van der Waals surface area contributed by atoms with E-state index < -0.39 is 11.6 Å². The molecular formula is C15H23F2NO. The van der Waals surface area contributed by atoms with E-state index >= 15 is 0 Å². The summed E-state index contributed by atoms with van der Waals surface area (Å²) in [4.78, 5) is 0. The largest absolute Gasteiger partial charge is 0.380 e. The van der Waals surface area contributed by atoms with Gasteiger partial charge in [0.2, 0.25) is 0 Å². The van der Waals surface area contributed by atoms with Gasteiger partial charge in [-0.3, -0.25) is 0 Å². The van der Waals surface area contributed by atoms with Crippen LogP contribution < -0.4 is 5.32 Å². The van der Waals surface area contributed by atoms with Gasteiger partial charge in [-0.05, 0) is 37.1 Å². The van der Waals surface area contributed by atoms with Crippen LogP contribution in [0, 0.1) is 11.6 Å². The van der Waals surface area contributed by atoms with Gasteiger partial charge in [-0.2, -0.15) is 0 Å². The molecule has 0 spiro atoms. The van der Waals surface area contributed by atoms with Crippen LogP contribution in [-0.2, 0) is 11.2 Å². The standard InChI is InChI=1S/C15H23F2NO/c1-4-6-15(19-3)14(18-5-2)10-11-7-8-12(16)13(17)9-11/h7-9,14-15,18H,4-6,10H2,1-3H3. The number of ether oxygens (including phenoxy) is 1. The first-order valence-electron chi connectivity index (χ1n) is 6.82. The van der Waals surface area contributed by atoms with Crippen molar-refractivity contribution < 1.29 is 13.5 Å². The van der Waals surface area contributed by atoms with Gasteiger partial charge >= 0.3 is 0 Å². The first kappa shape index (κ1) is 16.1. The molecule has 0 amide bonds. The Morgan fingerprint density at radius 2 is 1.95 bits per heavy atom. The average molecular weight is 271 g/mol. The summed E-state index contributed by atoms with van der Waals surface area (Å²) in [6.07, 6.45) is 2.68. The average Bonchev–Trinajstić information content (AvgIpc) is 2.40. The fraction of sp³-hybridized carbons (Fsp3) is 0.600. The molecule has 1 aromatic carbocycles. The van der Waals surface area contributed by atoms with E-state index in [1.165, 1.54) is 12.1 Å². The number of hydrogen-bond acceptors (Lipinski definition) is 2. The van der Waals surface area contributed by atoms with Gasteiger partial charge in [-0.25, -0.2) is 8.78 Å². The first-order valence-corrected chi connectivity index (χ1v) is 6.82. The number of likely N-dealkylation sites (N-methyl/N-ethyl adjacent to an activating group) is 1. The van der Waals surface area contributed by atoms with Crippen molar-refractivity contribution in [2.45, 2.75) is 45.3 Å². The third-order valence-electron chi connectivity index (χ3n) is 3.23. The van der Waals surface area contributed by atoms with Crippen LogP contribution in [0.25, 0.3) is 0 Å². The minimum absolute atomic E-state index is 0.0815. The molecule has 1 aromatic rings. The van der Waals surface area contributed by atoms with Crippen molar-refractivity contribution in [1.29, 1.82) is 0 Å². The minimum atomic E-state index is -0.805. The smallest absolute Gasteiger partial charge is 0.159 e. The van der Waals surface area contributed by atoms with Crippen molar-refractivity contribution >= 4 is 0 Å². The molecule has 0 radical (unpaired) electrons. The molecule has 0 saturated heterocycles. The summed E-state index contributed by atoms with van der Waals surface area (Å²) in [6.45, 7) is 4.95. The third-order valence-corrected chi connectivity index (χ3v) is 3.23. The highest BCUT2D eigenvalue weighted by Crippen LogP contribution is 2.15. The maximum atomic E-state index is 13.2. The molecule has 0 aliphatic rings. The van der Waals surface area contributed by atoms with Crippen LogP contribution in [0.1, 0.15) is 32.3 Å². The summed E-state index contributed by atoms with van der Waals surface area (Å²) in [5.74, 6) is -1.60. The van der Waals surface area contributed by atoms with Crippen LogP contribution in [0.4, 0.5) is 8.78 Å². The molecule has 0 fully saturated rings. The van der Waals surface area contributed by atoms with Gasteiger partial charge in [0.1, 0.15) is 0 Å². The van der Waals surface area contributed by atoms with Crippen molar-refractivity contribution in [3.63, 3.8) is 0 Å². The lowest BCUT2D eigenvalue weighted by atomic mass is 9.98. The van der Waals surface area contributed by atoms with Crippen molar-refractivity contribution in [3.05, 3.63) is 35.4 Å². The van der Waals surface area contributed by atoms with Gasteiger partial charge in [0.05, 0.1) is 6.10 Å². The second-order valence-corrected chi connectivity index (χ2v) is 4.68. The number of rotatable bonds is 8. The number of nitrogens with one attached hydrogen (secondary N) is 1. The Balaban J connectivity index is 2.78. The third kappa shape index (κ3) is 4.88. The zero-order valence-corrected chi connectivity index (χ0v) is 11.9. The zero-order valence-electron chi connectivity index (χ0n) is 11.9. The monoisotopic (exact) mass is 271 g/mol. The molecule has 1 N–H and O–H groups in total. The Morgan fingerprint density at radius 1 is 1.21 bits per heavy atom. The molecule has 0 aliphatic heterocycles. The van der Waals surface area contributed by atoms with E-state index in [9.17, 15) is 8.78 Å². The van der Waals surface area contributed by atoms with Gasteiger partial charge in [0.25, 0.3) is 0 Å². The molecule has 2 atom stereocenters. The van der Waals surface area contributed by atoms with E-state index in [1.54, 1.807) is 13.2 Å². The summed E-state index contributed by atoms with van der Waals surface area (Å²) in [6, 6.07) is 4.18. The van der Waals surface area contributed by atoms with Crippen LogP contribution in [0.3, 0.4) is 0 Å². The van der Waals surface area contributed by atoms with E-state index in [2.05, 4.69) is 12.2 Å². The molecule has 1 rings (SSSR count). The van der Waals surface area contributed by atoms with Crippen molar-refractivity contribution in [1.82, 2.24) is 5.32 Å². The highest BCUT2D eigenvalue weighted by molar-refractivity contribution is 5.19. The summed E-state index contributed by atoms with van der Waals surface area (Å²) >= 11 is 0. The van der Waals surface area contributed by atoms with Gasteiger partial charge in [-0.15, -0.1) is 0 Å². The van der Waals surface area contributed by atoms with Crippen molar-refractivity contribution in [3.8, 4) is 0 Å². The van der Waals surface area contributed by atoms with E-state index in [1.807, 2.05) is 6.92 Å².